The maximum absolute atomic E-state index is 12.7. The zero-order valence-electron chi connectivity index (χ0n) is 13.1. The quantitative estimate of drug-likeness (QED) is 0.802. The van der Waals surface area contributed by atoms with E-state index in [0.29, 0.717) is 38.4 Å². The highest BCUT2D eigenvalue weighted by Gasteiger charge is 2.29. The van der Waals surface area contributed by atoms with Gasteiger partial charge in [-0.1, -0.05) is 0 Å². The molecule has 8 nitrogen and oxygen atoms in total. The van der Waals surface area contributed by atoms with Crippen molar-refractivity contribution in [3.05, 3.63) is 30.1 Å². The van der Waals surface area contributed by atoms with Crippen molar-refractivity contribution in [2.24, 2.45) is 7.05 Å². The minimum Gasteiger partial charge on any atom is -0.478 e. The Morgan fingerprint density at radius 3 is 2.70 bits per heavy atom. The summed E-state index contributed by atoms with van der Waals surface area (Å²) in [6, 6.07) is 0. The molecule has 0 bridgehead atoms. The predicted molar refractivity (Wildman–Crippen MR) is 82.6 cm³/mol. The normalized spacial score (nSPS) is 15.9. The Labute approximate surface area is 135 Å². The molecule has 1 aliphatic rings. The maximum Gasteiger partial charge on any atom is 0.262 e. The molecule has 3 rings (SSSR count). The van der Waals surface area contributed by atoms with E-state index in [1.54, 1.807) is 11.6 Å². The van der Waals surface area contributed by atoms with Gasteiger partial charge in [-0.15, -0.1) is 0 Å². The van der Waals surface area contributed by atoms with E-state index in [1.165, 1.54) is 23.2 Å². The summed E-state index contributed by atoms with van der Waals surface area (Å²) in [5, 5.41) is 0.0714. The Balaban J connectivity index is 1.86. The highest BCUT2D eigenvalue weighted by Crippen LogP contribution is 2.24. The monoisotopic (exact) mass is 337 g/mol. The third-order valence-electron chi connectivity index (χ3n) is 3.77. The van der Waals surface area contributed by atoms with Crippen LogP contribution in [0.2, 0.25) is 0 Å². The van der Waals surface area contributed by atoms with Crippen molar-refractivity contribution in [3.63, 3.8) is 0 Å². The van der Waals surface area contributed by atoms with Crippen molar-refractivity contribution in [3.8, 4) is 5.88 Å². The molecule has 0 saturated heterocycles. The molecular weight excluding hydrogens is 318 g/mol. The van der Waals surface area contributed by atoms with Gasteiger partial charge in [-0.2, -0.15) is 4.31 Å². The number of nitrogens with zero attached hydrogens (tertiary/aromatic N) is 5. The van der Waals surface area contributed by atoms with E-state index in [9.17, 15) is 8.42 Å². The van der Waals surface area contributed by atoms with Crippen molar-refractivity contribution in [2.75, 3.05) is 19.7 Å². The Hall–Kier alpha value is -2.00. The van der Waals surface area contributed by atoms with Gasteiger partial charge in [-0.3, -0.25) is 0 Å². The van der Waals surface area contributed by atoms with Gasteiger partial charge in [0.15, 0.2) is 5.03 Å². The van der Waals surface area contributed by atoms with E-state index in [1.807, 2.05) is 6.92 Å². The topological polar surface area (TPSA) is 90.2 Å². The number of hydrogen-bond donors (Lipinski definition) is 0. The fraction of sp³-hybridized carbons (Fsp3) is 0.500. The summed E-state index contributed by atoms with van der Waals surface area (Å²) in [6.07, 6.45) is 5.52. The van der Waals surface area contributed by atoms with Crippen molar-refractivity contribution >= 4 is 10.0 Å². The second kappa shape index (κ2) is 6.25. The lowest BCUT2D eigenvalue weighted by Gasteiger charge is -2.18. The standard InChI is InChI=1S/C14H19N5O3S/c1-3-22-14-11-4-6-19(7-5-12(11)15-9-16-14)23(20,21)13-8-18(2)10-17-13/h8-10H,3-7H2,1-2H3. The van der Waals surface area contributed by atoms with E-state index in [0.717, 1.165) is 11.3 Å². The molecule has 0 spiro atoms. The third-order valence-corrected chi connectivity index (χ3v) is 5.56. The number of aryl methyl sites for hydroxylation is 1. The molecule has 0 aromatic carbocycles. The number of aromatic nitrogens is 4. The lowest BCUT2D eigenvalue weighted by atomic mass is 10.1. The maximum atomic E-state index is 12.7. The molecule has 0 radical (unpaired) electrons. The van der Waals surface area contributed by atoms with E-state index in [2.05, 4.69) is 15.0 Å². The van der Waals surface area contributed by atoms with Crippen LogP contribution in [0.4, 0.5) is 0 Å². The molecule has 23 heavy (non-hydrogen) atoms. The summed E-state index contributed by atoms with van der Waals surface area (Å²) in [6.45, 7) is 3.14. The lowest BCUT2D eigenvalue weighted by molar-refractivity contribution is 0.321. The zero-order chi connectivity index (χ0) is 16.4. The molecular formula is C14H19N5O3S. The summed E-state index contributed by atoms with van der Waals surface area (Å²) >= 11 is 0. The van der Waals surface area contributed by atoms with Gasteiger partial charge < -0.3 is 9.30 Å². The van der Waals surface area contributed by atoms with E-state index in [4.69, 9.17) is 4.74 Å². The van der Waals surface area contributed by atoms with Gasteiger partial charge >= 0.3 is 0 Å². The first-order chi connectivity index (χ1) is 11.0. The van der Waals surface area contributed by atoms with Gasteiger partial charge in [-0.25, -0.2) is 23.4 Å². The first-order valence-corrected chi connectivity index (χ1v) is 8.90. The van der Waals surface area contributed by atoms with E-state index >= 15 is 0 Å². The summed E-state index contributed by atoms with van der Waals surface area (Å²) in [7, 11) is -1.85. The molecule has 3 heterocycles. The lowest BCUT2D eigenvalue weighted by Crippen LogP contribution is -2.33. The van der Waals surface area contributed by atoms with Gasteiger partial charge in [-0.05, 0) is 13.3 Å². The van der Waals surface area contributed by atoms with Crippen LogP contribution in [-0.2, 0) is 29.9 Å². The van der Waals surface area contributed by atoms with Gasteiger partial charge in [0.25, 0.3) is 10.0 Å². The number of rotatable bonds is 4. The largest absolute Gasteiger partial charge is 0.478 e. The Morgan fingerprint density at radius 1 is 1.22 bits per heavy atom. The Morgan fingerprint density at radius 2 is 2.00 bits per heavy atom. The van der Waals surface area contributed by atoms with Crippen molar-refractivity contribution in [1.29, 1.82) is 0 Å². The number of imidazole rings is 1. The summed E-state index contributed by atoms with van der Waals surface area (Å²) in [4.78, 5) is 12.4. The Kier molecular flexibility index (Phi) is 4.31. The van der Waals surface area contributed by atoms with Gasteiger partial charge in [0.2, 0.25) is 5.88 Å². The predicted octanol–water partition coefficient (Wildman–Crippen LogP) is 0.398. The van der Waals surface area contributed by atoms with Gasteiger partial charge in [0, 0.05) is 38.3 Å². The first-order valence-electron chi connectivity index (χ1n) is 7.46. The highest BCUT2D eigenvalue weighted by molar-refractivity contribution is 7.89. The van der Waals surface area contributed by atoms with E-state index in [-0.39, 0.29) is 5.03 Å². The molecule has 0 unspecified atom stereocenters. The van der Waals surface area contributed by atoms with Crippen LogP contribution in [0.25, 0.3) is 0 Å². The fourth-order valence-corrected chi connectivity index (χ4v) is 4.04. The average molecular weight is 337 g/mol. The van der Waals surface area contributed by atoms with E-state index < -0.39 is 10.0 Å². The van der Waals surface area contributed by atoms with Gasteiger partial charge in [0.05, 0.1) is 18.6 Å². The van der Waals surface area contributed by atoms with Crippen LogP contribution in [0, 0.1) is 0 Å². The molecule has 124 valence electrons. The van der Waals surface area contributed by atoms with Crippen LogP contribution in [0.1, 0.15) is 18.2 Å². The molecule has 0 fully saturated rings. The fourth-order valence-electron chi connectivity index (χ4n) is 2.63. The second-order valence-electron chi connectivity index (χ2n) is 5.32. The molecule has 2 aromatic heterocycles. The van der Waals surface area contributed by atoms with Crippen LogP contribution in [0.5, 0.6) is 5.88 Å². The molecule has 0 saturated carbocycles. The molecule has 0 atom stereocenters. The molecule has 1 aliphatic heterocycles. The Bertz CT molecular complexity index is 802. The van der Waals surface area contributed by atoms with Crippen LogP contribution >= 0.6 is 0 Å². The minimum absolute atomic E-state index is 0.0714. The molecule has 2 aromatic rings. The molecule has 9 heteroatoms. The van der Waals surface area contributed by atoms with Crippen LogP contribution in [0.3, 0.4) is 0 Å². The van der Waals surface area contributed by atoms with Crippen LogP contribution in [0.15, 0.2) is 23.9 Å². The summed E-state index contributed by atoms with van der Waals surface area (Å²) < 4.78 is 34.0. The molecule has 0 amide bonds. The second-order valence-corrected chi connectivity index (χ2v) is 7.20. The van der Waals surface area contributed by atoms with Crippen LogP contribution < -0.4 is 4.74 Å². The average Bonchev–Trinajstić information content (AvgIpc) is 2.83. The zero-order valence-corrected chi connectivity index (χ0v) is 14.0. The number of fused-ring (bicyclic) bond motifs is 1. The summed E-state index contributed by atoms with van der Waals surface area (Å²) in [5.41, 5.74) is 1.75. The first kappa shape index (κ1) is 15.9. The third kappa shape index (κ3) is 3.06. The number of sulfonamides is 1. The van der Waals surface area contributed by atoms with Crippen molar-refractivity contribution < 1.29 is 13.2 Å². The highest BCUT2D eigenvalue weighted by atomic mass is 32.2. The number of ether oxygens (including phenoxy) is 1. The van der Waals surface area contributed by atoms with Gasteiger partial charge in [0.1, 0.15) is 6.33 Å². The smallest absolute Gasteiger partial charge is 0.262 e. The van der Waals surface area contributed by atoms with Crippen molar-refractivity contribution in [2.45, 2.75) is 24.8 Å². The SMILES string of the molecule is CCOc1ncnc2c1CCN(S(=O)(=O)c1cn(C)cn1)CC2. The summed E-state index contributed by atoms with van der Waals surface area (Å²) in [5.74, 6) is 0.551. The van der Waals surface area contributed by atoms with Crippen LogP contribution in [-0.4, -0.2) is 51.9 Å². The molecule has 0 N–H and O–H groups in total. The number of hydrogen-bond acceptors (Lipinski definition) is 6. The molecule has 0 aliphatic carbocycles. The van der Waals surface area contributed by atoms with Crippen molar-refractivity contribution in [1.82, 2.24) is 23.8 Å². The minimum atomic E-state index is -3.60.